The number of hydrogen-bond acceptors (Lipinski definition) is 4. The summed E-state index contributed by atoms with van der Waals surface area (Å²) in [6.45, 7) is 5.88. The first-order chi connectivity index (χ1) is 14.6. The van der Waals surface area contributed by atoms with Gasteiger partial charge in [-0.3, -0.25) is 4.79 Å². The van der Waals surface area contributed by atoms with Crippen LogP contribution in [0.3, 0.4) is 0 Å². The zero-order valence-corrected chi connectivity index (χ0v) is 18.1. The van der Waals surface area contributed by atoms with Gasteiger partial charge in [-0.05, 0) is 54.5 Å². The van der Waals surface area contributed by atoms with E-state index in [-0.39, 0.29) is 22.5 Å². The fourth-order valence-electron chi connectivity index (χ4n) is 3.46. The van der Waals surface area contributed by atoms with Crippen LogP contribution in [0.15, 0.2) is 30.5 Å². The molecule has 1 amide bonds. The van der Waals surface area contributed by atoms with Crippen molar-refractivity contribution in [2.24, 2.45) is 5.92 Å². The molecule has 1 aliphatic rings. The Morgan fingerprint density at radius 3 is 2.61 bits per heavy atom. The van der Waals surface area contributed by atoms with Crippen LogP contribution >= 0.6 is 11.6 Å². The van der Waals surface area contributed by atoms with Crippen molar-refractivity contribution < 1.29 is 22.7 Å². The second-order valence-corrected chi connectivity index (χ2v) is 8.30. The zero-order valence-electron chi connectivity index (χ0n) is 17.4. The van der Waals surface area contributed by atoms with E-state index in [0.717, 1.165) is 24.5 Å². The summed E-state index contributed by atoms with van der Waals surface area (Å²) in [4.78, 5) is 17.0. The van der Waals surface area contributed by atoms with Crippen molar-refractivity contribution >= 4 is 29.0 Å². The molecular formula is C22H25ClF3N3O2. The third-order valence-corrected chi connectivity index (χ3v) is 5.57. The monoisotopic (exact) mass is 455 g/mol. The number of benzene rings is 1. The molecule has 0 atom stereocenters. The number of anilines is 2. The molecule has 1 saturated heterocycles. The van der Waals surface area contributed by atoms with Gasteiger partial charge in [0, 0.05) is 31.6 Å². The Balaban J connectivity index is 1.76. The molecule has 5 nitrogen and oxygen atoms in total. The average Bonchev–Trinajstić information content (AvgIpc) is 2.73. The summed E-state index contributed by atoms with van der Waals surface area (Å²) < 4.78 is 44.7. The maximum atomic E-state index is 13.1. The summed E-state index contributed by atoms with van der Waals surface area (Å²) >= 11 is 5.68. The molecule has 2 heterocycles. The fraction of sp³-hybridized carbons (Fsp3) is 0.455. The molecule has 0 aliphatic carbocycles. The SMILES string of the molecule is CC(C)c1cc(Nc2ccc(Cl)c(C(F)(F)F)c2)ncc1C(=O)NCC1CCOCC1. The summed E-state index contributed by atoms with van der Waals surface area (Å²) in [5.74, 6) is 0.547. The van der Waals surface area contributed by atoms with Gasteiger partial charge in [-0.15, -0.1) is 0 Å². The predicted octanol–water partition coefficient (Wildman–Crippen LogP) is 5.78. The molecule has 2 aromatic rings. The molecule has 0 bridgehead atoms. The number of hydrogen-bond donors (Lipinski definition) is 2. The van der Waals surface area contributed by atoms with E-state index in [1.165, 1.54) is 18.3 Å². The second-order valence-electron chi connectivity index (χ2n) is 7.89. The van der Waals surface area contributed by atoms with E-state index < -0.39 is 11.7 Å². The number of amides is 1. The van der Waals surface area contributed by atoms with Gasteiger partial charge in [-0.25, -0.2) is 4.98 Å². The number of pyridine rings is 1. The molecule has 31 heavy (non-hydrogen) atoms. The highest BCUT2D eigenvalue weighted by Gasteiger charge is 2.33. The number of ether oxygens (including phenoxy) is 1. The lowest BCUT2D eigenvalue weighted by atomic mass is 9.97. The molecule has 0 saturated carbocycles. The molecule has 1 aliphatic heterocycles. The van der Waals surface area contributed by atoms with Crippen molar-refractivity contribution in [3.8, 4) is 0 Å². The molecule has 0 unspecified atom stereocenters. The molecule has 3 rings (SSSR count). The highest BCUT2D eigenvalue weighted by molar-refractivity contribution is 6.31. The topological polar surface area (TPSA) is 63.2 Å². The molecular weight excluding hydrogens is 431 g/mol. The van der Waals surface area contributed by atoms with Crippen molar-refractivity contribution in [2.45, 2.75) is 38.8 Å². The van der Waals surface area contributed by atoms with Crippen LogP contribution in [0.5, 0.6) is 0 Å². The maximum Gasteiger partial charge on any atom is 0.417 e. The van der Waals surface area contributed by atoms with Gasteiger partial charge in [-0.1, -0.05) is 25.4 Å². The number of nitrogens with zero attached hydrogens (tertiary/aromatic N) is 1. The van der Waals surface area contributed by atoms with Crippen LogP contribution < -0.4 is 10.6 Å². The van der Waals surface area contributed by atoms with Crippen molar-refractivity contribution in [1.29, 1.82) is 0 Å². The van der Waals surface area contributed by atoms with Crippen molar-refractivity contribution in [3.05, 3.63) is 52.2 Å². The summed E-state index contributed by atoms with van der Waals surface area (Å²) in [6.07, 6.45) is -1.27. The predicted molar refractivity (Wildman–Crippen MR) is 114 cm³/mol. The van der Waals surface area contributed by atoms with Crippen LogP contribution in [0.4, 0.5) is 24.7 Å². The largest absolute Gasteiger partial charge is 0.417 e. The number of nitrogens with one attached hydrogen (secondary N) is 2. The van der Waals surface area contributed by atoms with Crippen molar-refractivity contribution in [3.63, 3.8) is 0 Å². The average molecular weight is 456 g/mol. The van der Waals surface area contributed by atoms with Crippen LogP contribution in [0, 0.1) is 5.92 Å². The number of carbonyl (C=O) groups is 1. The fourth-order valence-corrected chi connectivity index (χ4v) is 3.68. The molecule has 1 aromatic heterocycles. The number of alkyl halides is 3. The standard InChI is InChI=1S/C22H25ClF3N3O2/c1-13(2)16-10-20(29-15-3-4-19(23)18(9-15)22(24,25)26)27-12-17(16)21(30)28-11-14-5-7-31-8-6-14/h3-4,9-10,12-14H,5-8,11H2,1-2H3,(H,27,29)(H,28,30). The molecule has 168 valence electrons. The van der Waals surface area contributed by atoms with E-state index in [1.807, 2.05) is 13.8 Å². The van der Waals surface area contributed by atoms with Gasteiger partial charge in [0.15, 0.2) is 0 Å². The summed E-state index contributed by atoms with van der Waals surface area (Å²) in [7, 11) is 0. The van der Waals surface area contributed by atoms with Crippen LogP contribution in [0.25, 0.3) is 0 Å². The summed E-state index contributed by atoms with van der Waals surface area (Å²) in [5, 5.41) is 5.47. The molecule has 1 aromatic carbocycles. The van der Waals surface area contributed by atoms with Gasteiger partial charge in [0.05, 0.1) is 16.1 Å². The lowest BCUT2D eigenvalue weighted by molar-refractivity contribution is -0.137. The van der Waals surface area contributed by atoms with E-state index in [0.29, 0.717) is 37.1 Å². The second kappa shape index (κ2) is 9.87. The normalized spacial score (nSPS) is 15.2. The lowest BCUT2D eigenvalue weighted by Crippen LogP contribution is -2.32. The molecule has 9 heteroatoms. The quantitative estimate of drug-likeness (QED) is 0.579. The van der Waals surface area contributed by atoms with Crippen molar-refractivity contribution in [2.75, 3.05) is 25.1 Å². The Bertz CT molecular complexity index is 929. The first kappa shape index (κ1) is 23.3. The van der Waals surface area contributed by atoms with Gasteiger partial charge >= 0.3 is 6.18 Å². The molecule has 0 radical (unpaired) electrons. The third-order valence-electron chi connectivity index (χ3n) is 5.24. The van der Waals surface area contributed by atoms with Gasteiger partial charge in [0.25, 0.3) is 5.91 Å². The Kier molecular flexibility index (Phi) is 7.43. The Morgan fingerprint density at radius 1 is 1.26 bits per heavy atom. The van der Waals surface area contributed by atoms with E-state index in [4.69, 9.17) is 16.3 Å². The van der Waals surface area contributed by atoms with Gasteiger partial charge in [0.2, 0.25) is 0 Å². The summed E-state index contributed by atoms with van der Waals surface area (Å²) in [6, 6.07) is 5.26. The van der Waals surface area contributed by atoms with Crippen LogP contribution in [0.1, 0.15) is 54.1 Å². The smallest absolute Gasteiger partial charge is 0.381 e. The minimum Gasteiger partial charge on any atom is -0.381 e. The van der Waals surface area contributed by atoms with E-state index in [2.05, 4.69) is 15.6 Å². The third kappa shape index (κ3) is 6.11. The highest BCUT2D eigenvalue weighted by Crippen LogP contribution is 2.36. The first-order valence-electron chi connectivity index (χ1n) is 10.1. The van der Waals surface area contributed by atoms with Crippen LogP contribution in [0.2, 0.25) is 5.02 Å². The number of rotatable bonds is 6. The van der Waals surface area contributed by atoms with Gasteiger partial charge in [-0.2, -0.15) is 13.2 Å². The molecule has 1 fully saturated rings. The van der Waals surface area contributed by atoms with E-state index in [1.54, 1.807) is 6.07 Å². The Morgan fingerprint density at radius 2 is 1.97 bits per heavy atom. The van der Waals surface area contributed by atoms with Crippen LogP contribution in [-0.4, -0.2) is 30.6 Å². The van der Waals surface area contributed by atoms with E-state index >= 15 is 0 Å². The Hall–Kier alpha value is -2.32. The van der Waals surface area contributed by atoms with Gasteiger partial charge < -0.3 is 15.4 Å². The maximum absolute atomic E-state index is 13.1. The highest BCUT2D eigenvalue weighted by atomic mass is 35.5. The summed E-state index contributed by atoms with van der Waals surface area (Å²) in [5.41, 5.74) is 0.495. The zero-order chi connectivity index (χ0) is 22.6. The molecule has 2 N–H and O–H groups in total. The Labute approximate surface area is 184 Å². The minimum atomic E-state index is -4.56. The van der Waals surface area contributed by atoms with E-state index in [9.17, 15) is 18.0 Å². The lowest BCUT2D eigenvalue weighted by Gasteiger charge is -2.22. The number of halogens is 4. The number of carbonyl (C=O) groups excluding carboxylic acids is 1. The van der Waals surface area contributed by atoms with Crippen molar-refractivity contribution in [1.82, 2.24) is 10.3 Å². The van der Waals surface area contributed by atoms with Crippen LogP contribution in [-0.2, 0) is 10.9 Å². The molecule has 0 spiro atoms. The number of aromatic nitrogens is 1. The minimum absolute atomic E-state index is 0.0170. The first-order valence-corrected chi connectivity index (χ1v) is 10.5. The van der Waals surface area contributed by atoms with Gasteiger partial charge in [0.1, 0.15) is 5.82 Å².